The van der Waals surface area contributed by atoms with Crippen molar-refractivity contribution >= 4 is 23.3 Å². The van der Waals surface area contributed by atoms with Gasteiger partial charge in [0.1, 0.15) is 5.75 Å². The number of carboxylic acids is 1. The number of anilines is 2. The molecule has 0 aliphatic carbocycles. The van der Waals surface area contributed by atoms with E-state index in [9.17, 15) is 9.59 Å². The predicted octanol–water partition coefficient (Wildman–Crippen LogP) is 3.94. The number of hydrogen-bond donors (Lipinski definition) is 2. The van der Waals surface area contributed by atoms with Crippen LogP contribution >= 0.6 is 0 Å². The Labute approximate surface area is 170 Å². The monoisotopic (exact) mass is 394 g/mol. The highest BCUT2D eigenvalue weighted by Gasteiger charge is 2.27. The molecule has 1 amide bonds. The van der Waals surface area contributed by atoms with Crippen LogP contribution in [0.4, 0.5) is 11.4 Å². The number of benzene rings is 2. The van der Waals surface area contributed by atoms with Crippen LogP contribution < -0.4 is 15.0 Å². The highest BCUT2D eigenvalue weighted by Crippen LogP contribution is 2.38. The van der Waals surface area contributed by atoms with E-state index in [0.717, 1.165) is 47.6 Å². The van der Waals surface area contributed by atoms with Gasteiger partial charge in [0, 0.05) is 42.7 Å². The predicted molar refractivity (Wildman–Crippen MR) is 112 cm³/mol. The molecule has 2 aliphatic heterocycles. The molecule has 2 aromatic carbocycles. The van der Waals surface area contributed by atoms with Crippen LogP contribution in [0.2, 0.25) is 0 Å². The van der Waals surface area contributed by atoms with Crippen LogP contribution in [0, 0.1) is 0 Å². The third-order valence-electron chi connectivity index (χ3n) is 5.70. The zero-order chi connectivity index (χ0) is 20.4. The smallest absolute Gasteiger partial charge is 0.304 e. The van der Waals surface area contributed by atoms with E-state index >= 15 is 0 Å². The van der Waals surface area contributed by atoms with E-state index < -0.39 is 5.97 Å². The molecule has 0 saturated heterocycles. The number of para-hydroxylation sites is 1. The van der Waals surface area contributed by atoms with Gasteiger partial charge in [-0.2, -0.15) is 0 Å². The van der Waals surface area contributed by atoms with Gasteiger partial charge in [0.2, 0.25) is 5.91 Å². The van der Waals surface area contributed by atoms with Crippen molar-refractivity contribution in [2.45, 2.75) is 45.1 Å². The van der Waals surface area contributed by atoms with Gasteiger partial charge in [-0.3, -0.25) is 9.59 Å². The molecule has 0 fully saturated rings. The maximum absolute atomic E-state index is 12.4. The van der Waals surface area contributed by atoms with Gasteiger partial charge in [-0.15, -0.1) is 0 Å². The summed E-state index contributed by atoms with van der Waals surface area (Å²) >= 11 is 0. The van der Waals surface area contributed by atoms with Gasteiger partial charge in [-0.05, 0) is 30.0 Å². The molecule has 0 saturated carbocycles. The van der Waals surface area contributed by atoms with Crippen molar-refractivity contribution in [3.05, 3.63) is 53.1 Å². The lowest BCUT2D eigenvalue weighted by atomic mass is 9.96. The molecule has 0 spiro atoms. The molecular weight excluding hydrogens is 368 g/mol. The van der Waals surface area contributed by atoms with Crippen molar-refractivity contribution < 1.29 is 19.4 Å². The van der Waals surface area contributed by atoms with Crippen LogP contribution in [0.3, 0.4) is 0 Å². The second-order valence-electron chi connectivity index (χ2n) is 7.64. The fraction of sp³-hybridized carbons (Fsp3) is 0.391. The van der Waals surface area contributed by atoms with E-state index in [0.29, 0.717) is 19.6 Å². The van der Waals surface area contributed by atoms with Gasteiger partial charge >= 0.3 is 5.97 Å². The zero-order valence-electron chi connectivity index (χ0n) is 16.6. The molecule has 2 aromatic rings. The summed E-state index contributed by atoms with van der Waals surface area (Å²) in [6, 6.07) is 12.1. The number of carbonyl (C=O) groups excluding carboxylic acids is 1. The van der Waals surface area contributed by atoms with Crippen LogP contribution in [0.25, 0.3) is 0 Å². The molecule has 0 radical (unpaired) electrons. The van der Waals surface area contributed by atoms with E-state index in [1.54, 1.807) is 0 Å². The highest BCUT2D eigenvalue weighted by atomic mass is 16.5. The standard InChI is InChI=1S/C23H26N2O4/c1-2-21(26)25-10-4-7-15-5-3-6-16(23(15)25)13-24-18-8-9-19-17(11-22(27)28)14-29-20(19)12-18/h3,5-6,8-9,12,17,24H,2,4,7,10-11,13-14H2,1H3,(H,27,28). The maximum Gasteiger partial charge on any atom is 0.304 e. The van der Waals surface area contributed by atoms with E-state index in [-0.39, 0.29) is 18.2 Å². The topological polar surface area (TPSA) is 78.9 Å². The maximum atomic E-state index is 12.4. The Morgan fingerprint density at radius 3 is 2.93 bits per heavy atom. The van der Waals surface area contributed by atoms with E-state index in [2.05, 4.69) is 23.5 Å². The molecular formula is C23H26N2O4. The summed E-state index contributed by atoms with van der Waals surface area (Å²) < 4.78 is 5.70. The number of fused-ring (bicyclic) bond motifs is 2. The number of aryl methyl sites for hydroxylation is 1. The number of ether oxygens (including phenoxy) is 1. The summed E-state index contributed by atoms with van der Waals surface area (Å²) in [7, 11) is 0. The molecule has 2 N–H and O–H groups in total. The quantitative estimate of drug-likeness (QED) is 0.776. The van der Waals surface area contributed by atoms with Crippen molar-refractivity contribution in [1.29, 1.82) is 0 Å². The minimum atomic E-state index is -0.811. The number of nitrogens with one attached hydrogen (secondary N) is 1. The van der Waals surface area contributed by atoms with E-state index in [1.165, 1.54) is 5.56 Å². The Bertz CT molecular complexity index is 940. The summed E-state index contributed by atoms with van der Waals surface area (Å²) in [5.41, 5.74) is 5.26. The number of nitrogens with zero attached hydrogens (tertiary/aromatic N) is 1. The average molecular weight is 394 g/mol. The van der Waals surface area contributed by atoms with Crippen molar-refractivity contribution in [2.75, 3.05) is 23.4 Å². The Morgan fingerprint density at radius 2 is 2.14 bits per heavy atom. The summed E-state index contributed by atoms with van der Waals surface area (Å²) in [4.78, 5) is 25.4. The van der Waals surface area contributed by atoms with Gasteiger partial charge in [-0.1, -0.05) is 31.2 Å². The summed E-state index contributed by atoms with van der Waals surface area (Å²) in [5, 5.41) is 12.5. The molecule has 6 heteroatoms. The van der Waals surface area contributed by atoms with Crippen LogP contribution in [0.15, 0.2) is 36.4 Å². The molecule has 2 aliphatic rings. The van der Waals surface area contributed by atoms with Crippen molar-refractivity contribution in [1.82, 2.24) is 0 Å². The van der Waals surface area contributed by atoms with Crippen molar-refractivity contribution in [2.24, 2.45) is 0 Å². The second kappa shape index (κ2) is 8.15. The highest BCUT2D eigenvalue weighted by molar-refractivity contribution is 5.95. The number of hydrogen-bond acceptors (Lipinski definition) is 4. The first kappa shape index (κ1) is 19.3. The number of aliphatic carboxylic acids is 1. The van der Waals surface area contributed by atoms with Crippen LogP contribution in [-0.2, 0) is 22.6 Å². The Morgan fingerprint density at radius 1 is 1.28 bits per heavy atom. The number of amides is 1. The zero-order valence-corrected chi connectivity index (χ0v) is 16.6. The van der Waals surface area contributed by atoms with Gasteiger partial charge in [-0.25, -0.2) is 0 Å². The Kier molecular flexibility index (Phi) is 5.43. The van der Waals surface area contributed by atoms with Crippen molar-refractivity contribution in [3.63, 3.8) is 0 Å². The first-order valence-electron chi connectivity index (χ1n) is 10.2. The van der Waals surface area contributed by atoms with Gasteiger partial charge in [0.15, 0.2) is 0 Å². The van der Waals surface area contributed by atoms with E-state index in [4.69, 9.17) is 9.84 Å². The van der Waals surface area contributed by atoms with Gasteiger partial charge in [0.25, 0.3) is 0 Å². The fourth-order valence-corrected chi connectivity index (χ4v) is 4.28. The molecule has 0 bridgehead atoms. The lowest BCUT2D eigenvalue weighted by Crippen LogP contribution is -2.36. The van der Waals surface area contributed by atoms with E-state index in [1.807, 2.05) is 30.0 Å². The van der Waals surface area contributed by atoms with Gasteiger partial charge < -0.3 is 20.1 Å². The van der Waals surface area contributed by atoms with Crippen LogP contribution in [0.5, 0.6) is 5.75 Å². The molecule has 29 heavy (non-hydrogen) atoms. The summed E-state index contributed by atoms with van der Waals surface area (Å²) in [6.45, 7) is 3.69. The SMILES string of the molecule is CCC(=O)N1CCCc2cccc(CNc3ccc4c(c3)OCC4CC(=O)O)c21. The lowest BCUT2D eigenvalue weighted by molar-refractivity contribution is -0.137. The third-order valence-corrected chi connectivity index (χ3v) is 5.70. The third kappa shape index (κ3) is 3.92. The van der Waals surface area contributed by atoms with Crippen LogP contribution in [-0.4, -0.2) is 30.1 Å². The minimum Gasteiger partial charge on any atom is -0.493 e. The average Bonchev–Trinajstić information content (AvgIpc) is 3.12. The number of rotatable bonds is 6. The molecule has 152 valence electrons. The molecule has 1 unspecified atom stereocenters. The normalized spacial score (nSPS) is 17.3. The second-order valence-corrected chi connectivity index (χ2v) is 7.64. The molecule has 6 nitrogen and oxygen atoms in total. The summed E-state index contributed by atoms with van der Waals surface area (Å²) in [5.74, 6) is 0.00733. The van der Waals surface area contributed by atoms with Crippen LogP contribution in [0.1, 0.15) is 48.8 Å². The van der Waals surface area contributed by atoms with Crippen molar-refractivity contribution in [3.8, 4) is 5.75 Å². The number of carbonyl (C=O) groups is 2. The molecule has 0 aromatic heterocycles. The first-order chi connectivity index (χ1) is 14.1. The first-order valence-corrected chi connectivity index (χ1v) is 10.2. The fourth-order valence-electron chi connectivity index (χ4n) is 4.28. The number of carboxylic acid groups (broad SMARTS) is 1. The lowest BCUT2D eigenvalue weighted by Gasteiger charge is -2.31. The van der Waals surface area contributed by atoms with Gasteiger partial charge in [0.05, 0.1) is 18.7 Å². The Hall–Kier alpha value is -3.02. The molecule has 2 heterocycles. The minimum absolute atomic E-state index is 0.0806. The molecule has 1 atom stereocenters. The Balaban J connectivity index is 1.52. The summed E-state index contributed by atoms with van der Waals surface area (Å²) in [6.07, 6.45) is 2.57. The molecule has 4 rings (SSSR count). The largest absolute Gasteiger partial charge is 0.493 e.